The minimum atomic E-state index is -1.59. The lowest BCUT2D eigenvalue weighted by Gasteiger charge is -2.29. The Kier molecular flexibility index (Phi) is 27.5. The number of nitrogens with two attached hydrogens (primary N) is 5. The van der Waals surface area contributed by atoms with Gasteiger partial charge in [-0.3, -0.25) is 48.3 Å². The molecule has 0 aromatic heterocycles. The summed E-state index contributed by atoms with van der Waals surface area (Å²) >= 11 is 0. The lowest BCUT2D eigenvalue weighted by Crippen LogP contribution is -2.61. The monoisotopic (exact) mass is 969 g/mol. The second-order valence-corrected chi connectivity index (χ2v) is 18.2. The summed E-state index contributed by atoms with van der Waals surface area (Å²) in [4.78, 5) is 118. The number of carbonyl (C=O) groups excluding carboxylic acids is 8. The molecule has 1 aromatic carbocycles. The number of nitrogens with zero attached hydrogens (tertiary/aromatic N) is 2. The van der Waals surface area contributed by atoms with Gasteiger partial charge in [-0.1, -0.05) is 109 Å². The highest BCUT2D eigenvalue weighted by Gasteiger charge is 2.36. The van der Waals surface area contributed by atoms with Crippen LogP contribution in [0.2, 0.25) is 0 Å². The number of primary amides is 1. The van der Waals surface area contributed by atoms with Gasteiger partial charge in [0.15, 0.2) is 11.9 Å². The second kappa shape index (κ2) is 32.3. The van der Waals surface area contributed by atoms with E-state index in [1.54, 1.807) is 44.2 Å². The summed E-state index contributed by atoms with van der Waals surface area (Å²) in [5, 5.41) is 18.8. The molecule has 0 aliphatic carbocycles. The normalized spacial score (nSPS) is 21.3. The van der Waals surface area contributed by atoms with Crippen molar-refractivity contribution in [2.75, 3.05) is 19.6 Å². The largest absolute Gasteiger partial charge is 0.370 e. The first-order valence-corrected chi connectivity index (χ1v) is 24.3. The van der Waals surface area contributed by atoms with E-state index in [0.717, 1.165) is 51.4 Å². The summed E-state index contributed by atoms with van der Waals surface area (Å²) in [7, 11) is 0. The van der Waals surface area contributed by atoms with Crippen molar-refractivity contribution in [2.45, 2.75) is 167 Å². The lowest BCUT2D eigenvalue weighted by atomic mass is 9.96. The van der Waals surface area contributed by atoms with Crippen LogP contribution in [0.1, 0.15) is 130 Å². The van der Waals surface area contributed by atoms with Gasteiger partial charge in [-0.2, -0.15) is 0 Å². The summed E-state index contributed by atoms with van der Waals surface area (Å²) in [6.45, 7) is 7.43. The molecule has 8 amide bonds. The third-order valence-electron chi connectivity index (χ3n) is 11.7. The molecule has 2 rings (SSSR count). The van der Waals surface area contributed by atoms with E-state index in [4.69, 9.17) is 28.7 Å². The van der Waals surface area contributed by atoms with E-state index < -0.39 is 102 Å². The first kappa shape index (κ1) is 58.6. The zero-order valence-electron chi connectivity index (χ0n) is 41.0. The third-order valence-corrected chi connectivity index (χ3v) is 11.7. The second-order valence-electron chi connectivity index (χ2n) is 18.2. The molecule has 1 unspecified atom stereocenters. The highest BCUT2D eigenvalue weighted by atomic mass is 16.2. The fraction of sp³-hybridized carbons (Fsp3) is 0.660. The van der Waals surface area contributed by atoms with Gasteiger partial charge in [0, 0.05) is 32.5 Å². The molecule has 1 heterocycles. The molecule has 22 heteroatoms. The lowest BCUT2D eigenvalue weighted by molar-refractivity contribution is -0.136. The van der Waals surface area contributed by atoms with E-state index in [1.807, 2.05) is 13.8 Å². The van der Waals surface area contributed by atoms with Crippen LogP contribution in [-0.4, -0.2) is 115 Å². The van der Waals surface area contributed by atoms with Crippen molar-refractivity contribution in [3.05, 3.63) is 35.9 Å². The highest BCUT2D eigenvalue weighted by Crippen LogP contribution is 2.14. The quantitative estimate of drug-likeness (QED) is 0.0334. The van der Waals surface area contributed by atoms with E-state index in [1.165, 1.54) is 0 Å². The number of rotatable bonds is 25. The van der Waals surface area contributed by atoms with Gasteiger partial charge in [0.2, 0.25) is 47.3 Å². The first-order chi connectivity index (χ1) is 32.8. The van der Waals surface area contributed by atoms with Crippen molar-refractivity contribution >= 4 is 59.2 Å². The number of hydrogen-bond donors (Lipinski definition) is 12. The molecule has 1 saturated heterocycles. The summed E-state index contributed by atoms with van der Waals surface area (Å²) < 4.78 is 0. The smallest absolute Gasteiger partial charge is 0.245 e. The number of hydrogen-bond acceptors (Lipinski definition) is 10. The molecular formula is C47H80N14O8. The summed E-state index contributed by atoms with van der Waals surface area (Å²) in [6, 6.07) is 0.845. The standard InChI is InChI=1S/C47H80N14O8/c1-5-30(4)39-45(69)60-35(27-37(48)62)42(66)57-32(21-18-24-54-47(51)52)40(64)55-28-36(56-38(63)22-16-11-9-7-6-8-10-12-17-23-53-46(49)50)44(68)58-33(25-29(2)3)41(65)59-34(43(67)61-39)26-31-19-14-13-15-20-31/h13-15,19-20,29-30,32-36,39H,5-12,16-18,21-28H2,1-4H3,(H2,48,62)(H,55,64)(H,56,63)(H,57,66)(H,58,68)(H,59,65)(H,60,69)(H,61,67)(H4,49,50,53)(H4,51,52,54)/t30-,32-,33-,34+,35-,36?,39-/m1/s1. The van der Waals surface area contributed by atoms with Gasteiger partial charge in [-0.05, 0) is 49.5 Å². The van der Waals surface area contributed by atoms with Crippen LogP contribution < -0.4 is 65.9 Å². The Balaban J connectivity index is 2.50. The van der Waals surface area contributed by atoms with Crippen LogP contribution in [0.4, 0.5) is 0 Å². The van der Waals surface area contributed by atoms with Crippen molar-refractivity contribution in [1.29, 1.82) is 0 Å². The maximum Gasteiger partial charge on any atom is 0.245 e. The minimum absolute atomic E-state index is 0.000591. The topological polar surface area (TPSA) is 376 Å². The molecule has 1 aromatic rings. The zero-order valence-corrected chi connectivity index (χ0v) is 41.0. The zero-order chi connectivity index (χ0) is 51.3. The van der Waals surface area contributed by atoms with E-state index >= 15 is 0 Å². The van der Waals surface area contributed by atoms with E-state index in [2.05, 4.69) is 47.2 Å². The predicted molar refractivity (Wildman–Crippen MR) is 264 cm³/mol. The first-order valence-electron chi connectivity index (χ1n) is 24.3. The van der Waals surface area contributed by atoms with E-state index in [0.29, 0.717) is 24.9 Å². The van der Waals surface area contributed by atoms with Crippen LogP contribution in [0, 0.1) is 11.8 Å². The van der Waals surface area contributed by atoms with Crippen LogP contribution >= 0.6 is 0 Å². The van der Waals surface area contributed by atoms with Crippen molar-refractivity contribution in [3.63, 3.8) is 0 Å². The molecule has 1 fully saturated rings. The Morgan fingerprint density at radius 3 is 1.72 bits per heavy atom. The molecular weight excluding hydrogens is 889 g/mol. The fourth-order valence-corrected chi connectivity index (χ4v) is 7.62. The highest BCUT2D eigenvalue weighted by molar-refractivity contribution is 5.98. The molecule has 0 spiro atoms. The van der Waals surface area contributed by atoms with Gasteiger partial charge in [-0.25, -0.2) is 0 Å². The maximum atomic E-state index is 14.3. The van der Waals surface area contributed by atoms with Gasteiger partial charge in [-0.15, -0.1) is 0 Å². The van der Waals surface area contributed by atoms with Crippen molar-refractivity contribution in [2.24, 2.45) is 50.5 Å². The molecule has 0 bridgehead atoms. The number of nitrogens with one attached hydrogen (secondary N) is 7. The van der Waals surface area contributed by atoms with Crippen molar-refractivity contribution in [3.8, 4) is 0 Å². The van der Waals surface area contributed by atoms with Gasteiger partial charge in [0.25, 0.3) is 0 Å². The summed E-state index contributed by atoms with van der Waals surface area (Å²) in [5.74, 6) is -6.91. The molecule has 22 nitrogen and oxygen atoms in total. The Morgan fingerprint density at radius 2 is 1.14 bits per heavy atom. The third kappa shape index (κ3) is 24.4. The number of carbonyl (C=O) groups is 8. The van der Waals surface area contributed by atoms with Crippen LogP contribution in [0.15, 0.2) is 40.3 Å². The van der Waals surface area contributed by atoms with Crippen molar-refractivity contribution < 1.29 is 38.4 Å². The Hall–Kier alpha value is -6.48. The summed E-state index contributed by atoms with van der Waals surface area (Å²) in [5.41, 5.74) is 27.9. The number of amides is 8. The Labute approximate surface area is 406 Å². The number of guanidine groups is 2. The molecule has 69 heavy (non-hydrogen) atoms. The minimum Gasteiger partial charge on any atom is -0.370 e. The van der Waals surface area contributed by atoms with E-state index in [9.17, 15) is 38.4 Å². The average Bonchev–Trinajstić information content (AvgIpc) is 3.29. The fourth-order valence-electron chi connectivity index (χ4n) is 7.62. The Morgan fingerprint density at radius 1 is 0.623 bits per heavy atom. The molecule has 1 aliphatic heterocycles. The Bertz CT molecular complexity index is 1870. The molecule has 0 radical (unpaired) electrons. The predicted octanol–water partition coefficient (Wildman–Crippen LogP) is -0.537. The van der Waals surface area contributed by atoms with E-state index in [-0.39, 0.29) is 56.5 Å². The van der Waals surface area contributed by atoms with Gasteiger partial charge in [0.05, 0.1) is 6.42 Å². The molecule has 17 N–H and O–H groups in total. The molecule has 1 aliphatic rings. The van der Waals surface area contributed by atoms with Crippen molar-refractivity contribution in [1.82, 2.24) is 37.2 Å². The van der Waals surface area contributed by atoms with Crippen LogP contribution in [-0.2, 0) is 44.8 Å². The molecule has 0 saturated carbocycles. The van der Waals surface area contributed by atoms with Gasteiger partial charge >= 0.3 is 0 Å². The molecule has 386 valence electrons. The SMILES string of the molecule is CC[C@@H](C)[C@H]1NC(=O)[C@H](Cc2ccccc2)NC(=O)[C@@H](CC(C)C)NC(=O)C(NC(=O)CCCCCCCCCCCN=C(N)N)CNC(=O)[C@@H](CCCN=C(N)N)NC(=O)[C@@H](CC(N)=O)NC1=O. The van der Waals surface area contributed by atoms with Crippen LogP contribution in [0.3, 0.4) is 0 Å². The van der Waals surface area contributed by atoms with Gasteiger partial charge < -0.3 is 65.9 Å². The average molecular weight is 969 g/mol. The van der Waals surface area contributed by atoms with Crippen LogP contribution in [0.5, 0.6) is 0 Å². The van der Waals surface area contributed by atoms with Gasteiger partial charge in [0.1, 0.15) is 36.3 Å². The molecule has 7 atom stereocenters. The maximum absolute atomic E-state index is 14.3. The number of unbranched alkanes of at least 4 members (excludes halogenated alkanes) is 8. The summed E-state index contributed by atoms with van der Waals surface area (Å²) in [6.07, 6.45) is 8.46. The van der Waals surface area contributed by atoms with Crippen LogP contribution in [0.25, 0.3) is 0 Å². The number of aliphatic imine (C=N–C) groups is 2. The number of benzene rings is 1.